The number of carbonyl (C=O) groups excluding carboxylic acids is 1. The van der Waals surface area contributed by atoms with Crippen LogP contribution >= 0.6 is 0 Å². The van der Waals surface area contributed by atoms with Crippen LogP contribution in [0.1, 0.15) is 18.0 Å². The number of hydroxylamine groups is 1. The van der Waals surface area contributed by atoms with Gasteiger partial charge in [0.1, 0.15) is 0 Å². The lowest BCUT2D eigenvalue weighted by Gasteiger charge is -2.25. The lowest BCUT2D eigenvalue weighted by molar-refractivity contribution is -0.185. The van der Waals surface area contributed by atoms with Gasteiger partial charge in [-0.05, 0) is 23.8 Å². The average molecular weight is 293 g/mol. The number of esters is 1. The summed E-state index contributed by atoms with van der Waals surface area (Å²) in [5.41, 5.74) is 2.06. The Morgan fingerprint density at radius 1 is 1.00 bits per heavy atom. The van der Waals surface area contributed by atoms with Gasteiger partial charge in [-0.3, -0.25) is 0 Å². The minimum Gasteiger partial charge on any atom is -0.424 e. The molecule has 0 N–H and O–H groups in total. The fourth-order valence-corrected chi connectivity index (χ4v) is 2.95. The smallest absolute Gasteiger partial charge is 0.333 e. The van der Waals surface area contributed by atoms with Gasteiger partial charge in [0.15, 0.2) is 0 Å². The van der Waals surface area contributed by atoms with E-state index in [9.17, 15) is 4.79 Å². The van der Waals surface area contributed by atoms with E-state index in [1.165, 1.54) is 6.08 Å². The van der Waals surface area contributed by atoms with Crippen LogP contribution < -0.4 is 5.06 Å². The van der Waals surface area contributed by atoms with Gasteiger partial charge >= 0.3 is 5.97 Å². The minimum atomic E-state index is -0.993. The van der Waals surface area contributed by atoms with Gasteiger partial charge in [0, 0.05) is 12.5 Å². The highest BCUT2D eigenvalue weighted by Gasteiger charge is 2.50. The molecule has 0 aromatic heterocycles. The third kappa shape index (κ3) is 2.18. The number of rotatable bonds is 2. The third-order valence-corrected chi connectivity index (χ3v) is 3.96. The Hall–Kier alpha value is -2.59. The monoisotopic (exact) mass is 293 g/mol. The largest absolute Gasteiger partial charge is 0.424 e. The number of benzene rings is 2. The Labute approximate surface area is 128 Å². The maximum atomic E-state index is 11.5. The molecule has 2 aliphatic rings. The Kier molecular flexibility index (Phi) is 2.98. The number of hydrogen-bond donors (Lipinski definition) is 0. The number of hydrogen-bond acceptors (Lipinski definition) is 4. The zero-order valence-corrected chi connectivity index (χ0v) is 11.9. The molecular weight excluding hydrogens is 278 g/mol. The quantitative estimate of drug-likeness (QED) is 0.796. The molecule has 110 valence electrons. The van der Waals surface area contributed by atoms with Gasteiger partial charge in [-0.15, -0.1) is 0 Å². The molecule has 1 saturated heterocycles. The molecule has 2 heterocycles. The topological polar surface area (TPSA) is 38.8 Å². The van der Waals surface area contributed by atoms with Crippen molar-refractivity contribution in [3.63, 3.8) is 0 Å². The molecule has 1 spiro atoms. The van der Waals surface area contributed by atoms with Crippen molar-refractivity contribution >= 4 is 11.7 Å². The number of ether oxygens (including phenoxy) is 1. The molecule has 0 radical (unpaired) electrons. The summed E-state index contributed by atoms with van der Waals surface area (Å²) < 4.78 is 5.40. The van der Waals surface area contributed by atoms with Crippen molar-refractivity contribution in [3.05, 3.63) is 78.4 Å². The van der Waals surface area contributed by atoms with Gasteiger partial charge in [0.2, 0.25) is 0 Å². The van der Waals surface area contributed by atoms with Crippen LogP contribution in [0.25, 0.3) is 0 Å². The van der Waals surface area contributed by atoms with Crippen LogP contribution in [0.4, 0.5) is 5.69 Å². The summed E-state index contributed by atoms with van der Waals surface area (Å²) in [6.45, 7) is 0. The highest BCUT2D eigenvalue weighted by atomic mass is 16.8. The van der Waals surface area contributed by atoms with E-state index < -0.39 is 5.79 Å². The van der Waals surface area contributed by atoms with Gasteiger partial charge in [-0.2, -0.15) is 0 Å². The molecule has 0 unspecified atom stereocenters. The van der Waals surface area contributed by atoms with Crippen molar-refractivity contribution in [1.82, 2.24) is 0 Å². The van der Waals surface area contributed by atoms with Crippen molar-refractivity contribution in [1.29, 1.82) is 0 Å². The zero-order chi connectivity index (χ0) is 15.0. The highest BCUT2D eigenvalue weighted by Crippen LogP contribution is 2.45. The molecule has 2 aromatic carbocycles. The molecule has 4 rings (SSSR count). The van der Waals surface area contributed by atoms with Crippen molar-refractivity contribution in [2.75, 3.05) is 5.06 Å². The number of anilines is 1. The molecular formula is C18H15NO3. The van der Waals surface area contributed by atoms with Crippen molar-refractivity contribution in [3.8, 4) is 0 Å². The predicted molar refractivity (Wildman–Crippen MR) is 81.8 cm³/mol. The van der Waals surface area contributed by atoms with Crippen LogP contribution in [0, 0.1) is 0 Å². The van der Waals surface area contributed by atoms with E-state index in [1.54, 1.807) is 6.08 Å². The first-order valence-corrected chi connectivity index (χ1v) is 7.26. The van der Waals surface area contributed by atoms with Crippen LogP contribution in [0.3, 0.4) is 0 Å². The zero-order valence-electron chi connectivity index (χ0n) is 11.9. The van der Waals surface area contributed by atoms with Crippen molar-refractivity contribution < 1.29 is 14.4 Å². The number of para-hydroxylation sites is 1. The molecule has 0 saturated carbocycles. The average Bonchev–Trinajstić information content (AvgIpc) is 3.12. The molecule has 1 fully saturated rings. The maximum Gasteiger partial charge on any atom is 0.333 e. The molecule has 0 aliphatic carbocycles. The summed E-state index contributed by atoms with van der Waals surface area (Å²) in [6, 6.07) is 19.9. The summed E-state index contributed by atoms with van der Waals surface area (Å²) >= 11 is 0. The molecule has 0 bridgehead atoms. The van der Waals surface area contributed by atoms with Gasteiger partial charge in [-0.25, -0.2) is 14.7 Å². The molecule has 4 nitrogen and oxygen atoms in total. The van der Waals surface area contributed by atoms with Crippen molar-refractivity contribution in [2.45, 2.75) is 18.2 Å². The normalized spacial score (nSPS) is 26.6. The second-order valence-corrected chi connectivity index (χ2v) is 5.45. The van der Waals surface area contributed by atoms with E-state index >= 15 is 0 Å². The fraction of sp³-hybridized carbons (Fsp3) is 0.167. The standard InChI is InChI=1S/C18H15NO3/c20-17-11-12-18(21-17)13-16(14-7-3-1-4-8-14)19(22-18)15-9-5-2-6-10-15/h1-12,16H,13H2/t16-,18-/m0/s1. The first-order chi connectivity index (χ1) is 10.8. The van der Waals surface area contributed by atoms with E-state index in [0.29, 0.717) is 6.42 Å². The fourth-order valence-electron chi connectivity index (χ4n) is 2.95. The Balaban J connectivity index is 1.73. The summed E-state index contributed by atoms with van der Waals surface area (Å²) in [7, 11) is 0. The molecule has 22 heavy (non-hydrogen) atoms. The lowest BCUT2D eigenvalue weighted by Crippen LogP contribution is -2.30. The first kappa shape index (κ1) is 13.1. The molecule has 4 heteroatoms. The summed E-state index contributed by atoms with van der Waals surface area (Å²) in [5, 5.41) is 1.83. The van der Waals surface area contributed by atoms with Crippen LogP contribution in [0.5, 0.6) is 0 Å². The second kappa shape index (κ2) is 5.00. The maximum absolute atomic E-state index is 11.5. The first-order valence-electron chi connectivity index (χ1n) is 7.26. The predicted octanol–water partition coefficient (Wildman–Crippen LogP) is 3.38. The summed E-state index contributed by atoms with van der Waals surface area (Å²) in [6.07, 6.45) is 3.69. The number of nitrogens with zero attached hydrogens (tertiary/aromatic N) is 1. The van der Waals surface area contributed by atoms with Gasteiger partial charge in [0.25, 0.3) is 5.79 Å². The third-order valence-electron chi connectivity index (χ3n) is 3.96. The molecule has 2 aromatic rings. The van der Waals surface area contributed by atoms with Gasteiger partial charge in [0.05, 0.1) is 11.7 Å². The van der Waals surface area contributed by atoms with E-state index in [0.717, 1.165) is 11.3 Å². The highest BCUT2D eigenvalue weighted by molar-refractivity contribution is 5.85. The molecule has 2 aliphatic heterocycles. The Morgan fingerprint density at radius 3 is 2.32 bits per heavy atom. The van der Waals surface area contributed by atoms with E-state index in [-0.39, 0.29) is 12.0 Å². The van der Waals surface area contributed by atoms with E-state index in [2.05, 4.69) is 12.1 Å². The van der Waals surface area contributed by atoms with Gasteiger partial charge < -0.3 is 4.74 Å². The summed E-state index contributed by atoms with van der Waals surface area (Å²) in [4.78, 5) is 17.5. The Morgan fingerprint density at radius 2 is 1.68 bits per heavy atom. The molecule has 2 atom stereocenters. The van der Waals surface area contributed by atoms with Crippen LogP contribution in [-0.4, -0.2) is 11.8 Å². The van der Waals surface area contributed by atoms with Crippen LogP contribution in [0.15, 0.2) is 72.8 Å². The molecule has 0 amide bonds. The van der Waals surface area contributed by atoms with E-state index in [1.807, 2.05) is 53.6 Å². The second-order valence-electron chi connectivity index (χ2n) is 5.45. The lowest BCUT2D eigenvalue weighted by atomic mass is 9.99. The van der Waals surface area contributed by atoms with Gasteiger partial charge in [-0.1, -0.05) is 48.5 Å². The Bertz CT molecular complexity index is 664. The number of carbonyl (C=O) groups is 1. The summed E-state index contributed by atoms with van der Waals surface area (Å²) in [5.74, 6) is -1.35. The van der Waals surface area contributed by atoms with Crippen LogP contribution in [0.2, 0.25) is 0 Å². The van der Waals surface area contributed by atoms with E-state index in [4.69, 9.17) is 9.57 Å². The SMILES string of the molecule is O=C1C=C[C@]2(C[C@@H](c3ccccc3)N(c3ccccc3)O2)O1. The van der Waals surface area contributed by atoms with Crippen molar-refractivity contribution in [2.24, 2.45) is 0 Å². The minimum absolute atomic E-state index is 0.0147. The van der Waals surface area contributed by atoms with Crippen LogP contribution in [-0.2, 0) is 14.4 Å².